The second-order valence-electron chi connectivity index (χ2n) is 6.47. The summed E-state index contributed by atoms with van der Waals surface area (Å²) in [5.41, 5.74) is 0.545. The lowest BCUT2D eigenvalue weighted by Gasteiger charge is -2.24. The molecule has 0 atom stereocenters. The monoisotopic (exact) mass is 426 g/mol. The van der Waals surface area contributed by atoms with Crippen LogP contribution >= 0.6 is 23.6 Å². The van der Waals surface area contributed by atoms with Gasteiger partial charge in [-0.1, -0.05) is 12.1 Å². The number of thiocarbonyl (C=S) groups is 1. The smallest absolute Gasteiger partial charge is 0.263 e. The van der Waals surface area contributed by atoms with Crippen LogP contribution in [-0.2, 0) is 26.8 Å². The minimum Gasteiger partial charge on any atom is -0.365 e. The molecule has 0 saturated carbocycles. The third-order valence-corrected chi connectivity index (χ3v) is 6.80. The van der Waals surface area contributed by atoms with Crippen LogP contribution in [0.5, 0.6) is 0 Å². The van der Waals surface area contributed by atoms with Crippen molar-refractivity contribution in [3.8, 4) is 0 Å². The number of amides is 1. The van der Waals surface area contributed by atoms with Gasteiger partial charge >= 0.3 is 0 Å². The van der Waals surface area contributed by atoms with E-state index in [2.05, 4.69) is 20.3 Å². The third-order valence-electron chi connectivity index (χ3n) is 3.78. The third kappa shape index (κ3) is 5.47. The Bertz CT molecular complexity index is 938. The fraction of sp³-hybridized carbons (Fsp3) is 0.353. The molecule has 1 amide bonds. The van der Waals surface area contributed by atoms with E-state index in [1.807, 2.05) is 19.2 Å². The van der Waals surface area contributed by atoms with Crippen LogP contribution in [0.15, 0.2) is 34.7 Å². The molecule has 27 heavy (non-hydrogen) atoms. The molecule has 7 nitrogen and oxygen atoms in total. The lowest BCUT2D eigenvalue weighted by Crippen LogP contribution is -2.41. The molecule has 0 aliphatic carbocycles. The van der Waals surface area contributed by atoms with Gasteiger partial charge in [0, 0.05) is 18.6 Å². The van der Waals surface area contributed by atoms with E-state index in [0.29, 0.717) is 11.1 Å². The highest BCUT2D eigenvalue weighted by molar-refractivity contribution is 7.91. The van der Waals surface area contributed by atoms with E-state index in [4.69, 9.17) is 12.2 Å². The van der Waals surface area contributed by atoms with E-state index in [-0.39, 0.29) is 22.3 Å². The predicted molar refractivity (Wildman–Crippen MR) is 110 cm³/mol. The van der Waals surface area contributed by atoms with E-state index < -0.39 is 15.6 Å². The Morgan fingerprint density at radius 2 is 2.04 bits per heavy atom. The molecule has 0 radical (unpaired) electrons. The first-order chi connectivity index (χ1) is 12.5. The summed E-state index contributed by atoms with van der Waals surface area (Å²) in [5, 5.41) is 8.15. The maximum absolute atomic E-state index is 12.5. The van der Waals surface area contributed by atoms with Crippen molar-refractivity contribution in [1.29, 1.82) is 0 Å². The van der Waals surface area contributed by atoms with Gasteiger partial charge in [0.25, 0.3) is 10.0 Å². The van der Waals surface area contributed by atoms with E-state index >= 15 is 0 Å². The number of nitrogens with one attached hydrogen (secondary N) is 3. The quantitative estimate of drug-likeness (QED) is 0.610. The number of sulfonamides is 1. The van der Waals surface area contributed by atoms with Gasteiger partial charge in [-0.2, -0.15) is 0 Å². The second-order valence-corrected chi connectivity index (χ2v) is 9.43. The van der Waals surface area contributed by atoms with Crippen LogP contribution in [0.2, 0.25) is 0 Å². The number of carbonyl (C=O) groups is 1. The maximum Gasteiger partial charge on any atom is 0.263 e. The van der Waals surface area contributed by atoms with E-state index in [1.165, 1.54) is 24.5 Å². The fourth-order valence-electron chi connectivity index (χ4n) is 2.44. The largest absolute Gasteiger partial charge is 0.365 e. The number of aromatic nitrogens is 1. The van der Waals surface area contributed by atoms with E-state index in [9.17, 15) is 13.2 Å². The summed E-state index contributed by atoms with van der Waals surface area (Å²) in [6.07, 6.45) is 1.74. The summed E-state index contributed by atoms with van der Waals surface area (Å²) in [4.78, 5) is 16.8. The molecule has 0 aliphatic heterocycles. The zero-order valence-electron chi connectivity index (χ0n) is 15.5. The molecular formula is C17H22N4O3S3. The predicted octanol–water partition coefficient (Wildman–Crippen LogP) is 1.83. The molecule has 10 heteroatoms. The normalized spacial score (nSPS) is 11.7. The summed E-state index contributed by atoms with van der Waals surface area (Å²) in [6, 6.07) is 4.90. The van der Waals surface area contributed by atoms with Gasteiger partial charge in [0.2, 0.25) is 5.91 Å². The molecule has 0 unspecified atom stereocenters. The molecule has 2 aromatic rings. The van der Waals surface area contributed by atoms with Crippen molar-refractivity contribution in [2.75, 3.05) is 7.05 Å². The van der Waals surface area contributed by atoms with Crippen LogP contribution in [0.25, 0.3) is 0 Å². The second kappa shape index (κ2) is 8.32. The average Bonchev–Trinajstić information content (AvgIpc) is 3.11. The highest BCUT2D eigenvalue weighted by Crippen LogP contribution is 2.22. The van der Waals surface area contributed by atoms with Gasteiger partial charge in [-0.25, -0.2) is 13.4 Å². The minimum absolute atomic E-state index is 0.00254. The molecule has 2 rings (SSSR count). The molecule has 1 aromatic heterocycles. The average molecular weight is 427 g/mol. The highest BCUT2D eigenvalue weighted by atomic mass is 32.2. The van der Waals surface area contributed by atoms with E-state index in [1.54, 1.807) is 25.3 Å². The first-order valence-electron chi connectivity index (χ1n) is 8.10. The van der Waals surface area contributed by atoms with Crippen LogP contribution < -0.4 is 15.4 Å². The molecule has 0 bridgehead atoms. The summed E-state index contributed by atoms with van der Waals surface area (Å²) in [6.45, 7) is 5.43. The Morgan fingerprint density at radius 3 is 2.63 bits per heavy atom. The van der Waals surface area contributed by atoms with Gasteiger partial charge in [-0.05, 0) is 50.2 Å². The zero-order chi connectivity index (χ0) is 20.2. The first kappa shape index (κ1) is 21.3. The lowest BCUT2D eigenvalue weighted by atomic mass is 10.0. The fourth-order valence-corrected chi connectivity index (χ4v) is 4.74. The van der Waals surface area contributed by atoms with Crippen LogP contribution in [-0.4, -0.2) is 31.5 Å². The number of rotatable bonds is 6. The number of aryl methyl sites for hydroxylation is 1. The highest BCUT2D eigenvalue weighted by Gasteiger charge is 2.26. The van der Waals surface area contributed by atoms with Crippen molar-refractivity contribution in [3.05, 3.63) is 45.9 Å². The molecule has 0 spiro atoms. The lowest BCUT2D eigenvalue weighted by molar-refractivity contribution is -0.122. The van der Waals surface area contributed by atoms with Crippen molar-refractivity contribution < 1.29 is 13.2 Å². The standard InChI is InChI=1S/C17H22N4O3S3/c1-11-5-6-12(9-13(11)27(23,24)21-16(25)18-4)10-14(22)20-17(2,3)15-19-7-8-26-15/h5-9H,10H2,1-4H3,(H,20,22)(H2,18,21,25). The number of nitrogens with zero attached hydrogens (tertiary/aromatic N) is 1. The number of hydrogen-bond donors (Lipinski definition) is 3. The van der Waals surface area contributed by atoms with Gasteiger partial charge in [-0.15, -0.1) is 11.3 Å². The number of thiazole rings is 1. The number of carbonyl (C=O) groups excluding carboxylic acids is 1. The van der Waals surface area contributed by atoms with Crippen molar-refractivity contribution >= 4 is 44.6 Å². The Morgan fingerprint density at radius 1 is 1.33 bits per heavy atom. The van der Waals surface area contributed by atoms with Crippen LogP contribution in [0.4, 0.5) is 0 Å². The van der Waals surface area contributed by atoms with Gasteiger partial charge in [0.05, 0.1) is 16.9 Å². The minimum atomic E-state index is -3.82. The Kier molecular flexibility index (Phi) is 6.55. The maximum atomic E-state index is 12.5. The first-order valence-corrected chi connectivity index (χ1v) is 10.9. The summed E-state index contributed by atoms with van der Waals surface area (Å²) >= 11 is 6.34. The molecule has 0 fully saturated rings. The van der Waals surface area contributed by atoms with Gasteiger partial charge in [-0.3, -0.25) is 9.52 Å². The molecule has 0 aliphatic rings. The van der Waals surface area contributed by atoms with Crippen LogP contribution in [0, 0.1) is 6.92 Å². The molecular weight excluding hydrogens is 404 g/mol. The topological polar surface area (TPSA) is 100 Å². The summed E-state index contributed by atoms with van der Waals surface area (Å²) < 4.78 is 27.3. The van der Waals surface area contributed by atoms with Gasteiger partial charge < -0.3 is 10.6 Å². The van der Waals surface area contributed by atoms with Crippen molar-refractivity contribution in [3.63, 3.8) is 0 Å². The Balaban J connectivity index is 2.18. The van der Waals surface area contributed by atoms with E-state index in [0.717, 1.165) is 5.01 Å². The van der Waals surface area contributed by atoms with Crippen LogP contribution in [0.1, 0.15) is 30.0 Å². The van der Waals surface area contributed by atoms with Crippen molar-refractivity contribution in [2.24, 2.45) is 0 Å². The number of benzene rings is 1. The summed E-state index contributed by atoms with van der Waals surface area (Å²) in [7, 11) is -2.29. The molecule has 3 N–H and O–H groups in total. The van der Waals surface area contributed by atoms with Crippen molar-refractivity contribution in [1.82, 2.24) is 20.3 Å². The van der Waals surface area contributed by atoms with Gasteiger partial charge in [0.15, 0.2) is 5.11 Å². The molecule has 1 aromatic carbocycles. The zero-order valence-corrected chi connectivity index (χ0v) is 17.9. The molecule has 146 valence electrons. The molecule has 0 saturated heterocycles. The number of hydrogen-bond acceptors (Lipinski definition) is 6. The Hall–Kier alpha value is -2.04. The Labute approximate surface area is 168 Å². The van der Waals surface area contributed by atoms with Crippen LogP contribution in [0.3, 0.4) is 0 Å². The van der Waals surface area contributed by atoms with Crippen molar-refractivity contribution in [2.45, 2.75) is 37.6 Å². The summed E-state index contributed by atoms with van der Waals surface area (Å²) in [5.74, 6) is -0.221. The molecule has 1 heterocycles. The SMILES string of the molecule is CNC(=S)NS(=O)(=O)c1cc(CC(=O)NC(C)(C)c2nccs2)ccc1C. The van der Waals surface area contributed by atoms with Gasteiger partial charge in [0.1, 0.15) is 5.01 Å².